The standard InChI is InChI=1S/C9H2F16/c10-4(11,12)2-1-3(7(17,18)19,8(20,21)22)5(13,14)6(15,16)9(23,24)25/h1-2H. The van der Waals surface area contributed by atoms with Crippen molar-refractivity contribution in [2.75, 3.05) is 0 Å². The zero-order chi connectivity index (χ0) is 20.9. The van der Waals surface area contributed by atoms with E-state index in [-0.39, 0.29) is 0 Å². The average Bonchev–Trinajstić information content (AvgIpc) is 2.21. The van der Waals surface area contributed by atoms with E-state index < -0.39 is 54.1 Å². The van der Waals surface area contributed by atoms with Crippen molar-refractivity contribution in [3.05, 3.63) is 12.2 Å². The van der Waals surface area contributed by atoms with Crippen LogP contribution in [-0.2, 0) is 0 Å². The Morgan fingerprint density at radius 2 is 0.680 bits per heavy atom. The minimum absolute atomic E-state index is 2.16. The van der Waals surface area contributed by atoms with Crippen molar-refractivity contribution in [3.8, 4) is 0 Å². The molecule has 0 aromatic rings. The van der Waals surface area contributed by atoms with Crippen LogP contribution < -0.4 is 0 Å². The molecule has 0 amide bonds. The van der Waals surface area contributed by atoms with E-state index in [4.69, 9.17) is 0 Å². The molecule has 0 rings (SSSR count). The van der Waals surface area contributed by atoms with Gasteiger partial charge in [-0.2, -0.15) is 70.2 Å². The van der Waals surface area contributed by atoms with Gasteiger partial charge >= 0.3 is 36.6 Å². The highest BCUT2D eigenvalue weighted by Crippen LogP contribution is 2.66. The fourth-order valence-electron chi connectivity index (χ4n) is 1.46. The molecule has 16 heteroatoms. The lowest BCUT2D eigenvalue weighted by molar-refractivity contribution is -0.446. The summed E-state index contributed by atoms with van der Waals surface area (Å²) in [7, 11) is 0. The van der Waals surface area contributed by atoms with E-state index in [9.17, 15) is 70.2 Å². The predicted molar refractivity (Wildman–Crippen MR) is 45.7 cm³/mol. The van der Waals surface area contributed by atoms with Crippen molar-refractivity contribution in [1.82, 2.24) is 0 Å². The third-order valence-electron chi connectivity index (χ3n) is 2.66. The van der Waals surface area contributed by atoms with Gasteiger partial charge in [0.2, 0.25) is 5.41 Å². The molecular weight excluding hydrogens is 412 g/mol. The second-order valence-corrected chi connectivity index (χ2v) is 4.33. The molecule has 0 aromatic carbocycles. The van der Waals surface area contributed by atoms with Crippen molar-refractivity contribution in [1.29, 1.82) is 0 Å². The largest absolute Gasteiger partial charge is 0.459 e. The first-order valence-corrected chi connectivity index (χ1v) is 5.18. The Kier molecular flexibility index (Phi) is 5.50. The summed E-state index contributed by atoms with van der Waals surface area (Å²) >= 11 is 0. The molecule has 150 valence electrons. The quantitative estimate of drug-likeness (QED) is 0.390. The van der Waals surface area contributed by atoms with E-state index >= 15 is 0 Å². The maximum Gasteiger partial charge on any atom is 0.459 e. The van der Waals surface area contributed by atoms with Crippen LogP contribution in [0.5, 0.6) is 0 Å². The number of halogens is 16. The highest BCUT2D eigenvalue weighted by molar-refractivity contribution is 5.21. The summed E-state index contributed by atoms with van der Waals surface area (Å²) in [5.41, 5.74) is -7.48. The number of alkyl halides is 16. The van der Waals surface area contributed by atoms with E-state index in [1.165, 1.54) is 0 Å². The van der Waals surface area contributed by atoms with E-state index in [0.29, 0.717) is 0 Å². The molecule has 25 heavy (non-hydrogen) atoms. The Hall–Kier alpha value is -1.38. The van der Waals surface area contributed by atoms with Crippen LogP contribution in [0.2, 0.25) is 0 Å². The zero-order valence-corrected chi connectivity index (χ0v) is 10.7. The summed E-state index contributed by atoms with van der Waals surface area (Å²) in [6.07, 6.45) is -33.9. The summed E-state index contributed by atoms with van der Waals surface area (Å²) in [6.45, 7) is 0. The van der Waals surface area contributed by atoms with Crippen LogP contribution in [0.15, 0.2) is 12.2 Å². The lowest BCUT2D eigenvalue weighted by Crippen LogP contribution is -2.69. The number of allylic oxidation sites excluding steroid dienone is 2. The molecule has 0 bridgehead atoms. The van der Waals surface area contributed by atoms with Crippen molar-refractivity contribution in [3.63, 3.8) is 0 Å². The summed E-state index contributed by atoms with van der Waals surface area (Å²) < 4.78 is 198. The first kappa shape index (κ1) is 23.6. The van der Waals surface area contributed by atoms with E-state index in [1.54, 1.807) is 0 Å². The van der Waals surface area contributed by atoms with Gasteiger partial charge in [-0.05, 0) is 6.08 Å². The topological polar surface area (TPSA) is 0 Å². The lowest BCUT2D eigenvalue weighted by atomic mass is 9.75. The summed E-state index contributed by atoms with van der Waals surface area (Å²) in [4.78, 5) is 0. The van der Waals surface area contributed by atoms with Crippen LogP contribution in [0.3, 0.4) is 0 Å². The minimum Gasteiger partial charge on any atom is -0.198 e. The van der Waals surface area contributed by atoms with E-state index in [1.807, 2.05) is 0 Å². The monoisotopic (exact) mass is 414 g/mol. The normalized spacial score (nSPS) is 16.6. The molecule has 0 N–H and O–H groups in total. The van der Waals surface area contributed by atoms with Gasteiger partial charge in [-0.3, -0.25) is 0 Å². The van der Waals surface area contributed by atoms with Crippen molar-refractivity contribution in [2.24, 2.45) is 5.41 Å². The SMILES string of the molecule is FC(F)(F)C=CC(C(F)(F)F)(C(F)(F)F)C(F)(F)C(F)(F)C(F)(F)F. The predicted octanol–water partition coefficient (Wildman–Crippen LogP) is 6.05. The highest BCUT2D eigenvalue weighted by atomic mass is 19.4. The van der Waals surface area contributed by atoms with Crippen LogP contribution in [0.4, 0.5) is 70.2 Å². The molecule has 0 saturated carbocycles. The minimum atomic E-state index is -8.11. The third kappa shape index (κ3) is 3.75. The van der Waals surface area contributed by atoms with Crippen molar-refractivity contribution >= 4 is 0 Å². The molecule has 0 atom stereocenters. The van der Waals surface area contributed by atoms with Crippen LogP contribution in [0.25, 0.3) is 0 Å². The van der Waals surface area contributed by atoms with Crippen LogP contribution in [-0.4, -0.2) is 36.6 Å². The molecule has 0 fully saturated rings. The zero-order valence-electron chi connectivity index (χ0n) is 10.7. The van der Waals surface area contributed by atoms with Crippen molar-refractivity contribution in [2.45, 2.75) is 36.6 Å². The van der Waals surface area contributed by atoms with Crippen molar-refractivity contribution < 1.29 is 70.2 Å². The third-order valence-corrected chi connectivity index (χ3v) is 2.66. The molecule has 0 unspecified atom stereocenters. The highest BCUT2D eigenvalue weighted by Gasteiger charge is 2.91. The van der Waals surface area contributed by atoms with Gasteiger partial charge in [0.25, 0.3) is 0 Å². The van der Waals surface area contributed by atoms with Gasteiger partial charge in [-0.15, -0.1) is 0 Å². The summed E-state index contributed by atoms with van der Waals surface area (Å²) in [5.74, 6) is -16.1. The first-order chi connectivity index (χ1) is 10.5. The van der Waals surface area contributed by atoms with Gasteiger partial charge in [-0.25, -0.2) is 0 Å². The fraction of sp³-hybridized carbons (Fsp3) is 0.778. The van der Waals surface area contributed by atoms with E-state index in [0.717, 1.165) is 0 Å². The molecule has 0 heterocycles. The summed E-state index contributed by atoms with van der Waals surface area (Å²) in [5, 5.41) is 0. The molecule has 0 aliphatic heterocycles. The number of hydrogen-bond acceptors (Lipinski definition) is 0. The first-order valence-electron chi connectivity index (χ1n) is 5.18. The summed E-state index contributed by atoms with van der Waals surface area (Å²) in [6, 6.07) is 0. The maximum atomic E-state index is 13.3. The molecule has 0 aromatic heterocycles. The molecule has 0 spiro atoms. The van der Waals surface area contributed by atoms with Gasteiger partial charge in [-0.1, -0.05) is 0 Å². The Labute approximate surface area is 126 Å². The molecular formula is C9H2F16. The number of rotatable bonds is 3. The van der Waals surface area contributed by atoms with Gasteiger partial charge in [0, 0.05) is 6.08 Å². The molecule has 0 nitrogen and oxygen atoms in total. The second kappa shape index (κ2) is 5.82. The van der Waals surface area contributed by atoms with Crippen LogP contribution in [0, 0.1) is 5.41 Å². The van der Waals surface area contributed by atoms with Gasteiger partial charge in [0.05, 0.1) is 0 Å². The Bertz CT molecular complexity index is 480. The molecule has 0 radical (unpaired) electrons. The maximum absolute atomic E-state index is 13.3. The molecule has 0 saturated heterocycles. The average molecular weight is 414 g/mol. The van der Waals surface area contributed by atoms with Gasteiger partial charge in [0.1, 0.15) is 0 Å². The van der Waals surface area contributed by atoms with E-state index in [2.05, 4.69) is 0 Å². The van der Waals surface area contributed by atoms with Gasteiger partial charge in [0.15, 0.2) is 0 Å². The van der Waals surface area contributed by atoms with Crippen LogP contribution in [0.1, 0.15) is 0 Å². The second-order valence-electron chi connectivity index (χ2n) is 4.33. The Balaban J connectivity index is 7.07. The Morgan fingerprint density at radius 1 is 0.360 bits per heavy atom. The molecule has 0 aliphatic rings. The Morgan fingerprint density at radius 3 is 0.880 bits per heavy atom. The number of hydrogen-bond donors (Lipinski definition) is 0. The molecule has 0 aliphatic carbocycles. The fourth-order valence-corrected chi connectivity index (χ4v) is 1.46. The van der Waals surface area contributed by atoms with Gasteiger partial charge < -0.3 is 0 Å². The lowest BCUT2D eigenvalue weighted by Gasteiger charge is -2.43. The van der Waals surface area contributed by atoms with Crippen LogP contribution >= 0.6 is 0 Å². The smallest absolute Gasteiger partial charge is 0.198 e.